The van der Waals surface area contributed by atoms with Crippen molar-refractivity contribution in [1.29, 1.82) is 0 Å². The smallest absolute Gasteiger partial charge is 0.409 e. The summed E-state index contributed by atoms with van der Waals surface area (Å²) < 4.78 is 4.96. The van der Waals surface area contributed by atoms with E-state index in [-0.39, 0.29) is 0 Å². The standard InChI is InChI=1S/C12H18N2O2/c1-7-6-10(16-12(13)15)8(2)9(3)11(7)14(4)5/h6H,1-5H3,(H2,13,15). The summed E-state index contributed by atoms with van der Waals surface area (Å²) in [6.07, 6.45) is -0.778. The van der Waals surface area contributed by atoms with Crippen LogP contribution in [-0.2, 0) is 0 Å². The fraction of sp³-hybridized carbons (Fsp3) is 0.417. The van der Waals surface area contributed by atoms with Crippen molar-refractivity contribution in [2.75, 3.05) is 19.0 Å². The van der Waals surface area contributed by atoms with Gasteiger partial charge in [-0.15, -0.1) is 0 Å². The largest absolute Gasteiger partial charge is 0.410 e. The minimum atomic E-state index is -0.778. The average molecular weight is 222 g/mol. The zero-order chi connectivity index (χ0) is 12.5. The van der Waals surface area contributed by atoms with Crippen molar-refractivity contribution in [1.82, 2.24) is 0 Å². The molecule has 0 spiro atoms. The van der Waals surface area contributed by atoms with E-state index < -0.39 is 6.09 Å². The van der Waals surface area contributed by atoms with Crippen LogP contribution in [0.3, 0.4) is 0 Å². The van der Waals surface area contributed by atoms with Crippen molar-refractivity contribution in [3.63, 3.8) is 0 Å². The predicted molar refractivity (Wildman–Crippen MR) is 65.2 cm³/mol. The molecular weight excluding hydrogens is 204 g/mol. The predicted octanol–water partition coefficient (Wildman–Crippen LogP) is 2.14. The van der Waals surface area contributed by atoms with Gasteiger partial charge in [0.2, 0.25) is 0 Å². The first-order valence-corrected chi connectivity index (χ1v) is 5.10. The van der Waals surface area contributed by atoms with Gasteiger partial charge in [-0.1, -0.05) is 0 Å². The topological polar surface area (TPSA) is 55.6 Å². The van der Waals surface area contributed by atoms with Crippen molar-refractivity contribution in [3.8, 4) is 5.75 Å². The zero-order valence-corrected chi connectivity index (χ0v) is 10.4. The number of primary amides is 1. The minimum Gasteiger partial charge on any atom is -0.410 e. The number of nitrogens with zero attached hydrogens (tertiary/aromatic N) is 1. The fourth-order valence-electron chi connectivity index (χ4n) is 1.93. The van der Waals surface area contributed by atoms with Crippen LogP contribution in [0.15, 0.2) is 6.07 Å². The normalized spacial score (nSPS) is 10.1. The Kier molecular flexibility index (Phi) is 3.42. The molecule has 0 aliphatic rings. The molecule has 1 amide bonds. The van der Waals surface area contributed by atoms with Gasteiger partial charge in [0, 0.05) is 19.8 Å². The number of carbonyl (C=O) groups is 1. The number of carbonyl (C=O) groups excluding carboxylic acids is 1. The van der Waals surface area contributed by atoms with E-state index in [2.05, 4.69) is 0 Å². The minimum absolute atomic E-state index is 0.535. The van der Waals surface area contributed by atoms with E-state index in [0.29, 0.717) is 5.75 Å². The molecule has 0 heterocycles. The molecule has 0 saturated heterocycles. The average Bonchev–Trinajstić information content (AvgIpc) is 2.12. The highest BCUT2D eigenvalue weighted by Crippen LogP contribution is 2.32. The second-order valence-corrected chi connectivity index (χ2v) is 4.11. The van der Waals surface area contributed by atoms with E-state index in [1.807, 2.05) is 45.8 Å². The van der Waals surface area contributed by atoms with Gasteiger partial charge in [-0.2, -0.15) is 0 Å². The van der Waals surface area contributed by atoms with Gasteiger partial charge in [-0.25, -0.2) is 4.79 Å². The summed E-state index contributed by atoms with van der Waals surface area (Å²) >= 11 is 0. The Morgan fingerprint density at radius 3 is 2.25 bits per heavy atom. The maximum Gasteiger partial charge on any atom is 0.409 e. The van der Waals surface area contributed by atoms with Crippen LogP contribution in [-0.4, -0.2) is 20.2 Å². The number of hydrogen-bond acceptors (Lipinski definition) is 3. The van der Waals surface area contributed by atoms with Gasteiger partial charge in [0.1, 0.15) is 5.75 Å². The molecule has 0 aliphatic heterocycles. The molecule has 0 unspecified atom stereocenters. The monoisotopic (exact) mass is 222 g/mol. The lowest BCUT2D eigenvalue weighted by molar-refractivity contribution is 0.210. The van der Waals surface area contributed by atoms with Gasteiger partial charge in [-0.3, -0.25) is 0 Å². The maximum absolute atomic E-state index is 10.8. The highest BCUT2D eigenvalue weighted by Gasteiger charge is 2.13. The molecule has 2 N–H and O–H groups in total. The van der Waals surface area contributed by atoms with E-state index >= 15 is 0 Å². The molecule has 0 atom stereocenters. The summed E-state index contributed by atoms with van der Waals surface area (Å²) in [6, 6.07) is 1.84. The SMILES string of the molecule is Cc1cc(OC(N)=O)c(C)c(C)c1N(C)C. The molecule has 0 aliphatic carbocycles. The van der Waals surface area contributed by atoms with Gasteiger partial charge < -0.3 is 15.4 Å². The van der Waals surface area contributed by atoms with Gasteiger partial charge in [0.15, 0.2) is 0 Å². The Hall–Kier alpha value is -1.71. The Bertz CT molecular complexity index is 426. The molecule has 1 aromatic carbocycles. The Balaban J connectivity index is 3.33. The maximum atomic E-state index is 10.8. The molecule has 88 valence electrons. The van der Waals surface area contributed by atoms with Crippen LogP contribution in [0, 0.1) is 20.8 Å². The molecule has 1 aromatic rings. The van der Waals surface area contributed by atoms with E-state index in [1.165, 1.54) is 0 Å². The summed E-state index contributed by atoms with van der Waals surface area (Å²) in [5, 5.41) is 0. The number of amides is 1. The van der Waals surface area contributed by atoms with Crippen molar-refractivity contribution in [2.24, 2.45) is 5.73 Å². The summed E-state index contributed by atoms with van der Waals surface area (Å²) in [5.74, 6) is 0.535. The summed E-state index contributed by atoms with van der Waals surface area (Å²) in [5.41, 5.74) is 9.26. The van der Waals surface area contributed by atoms with Crippen LogP contribution in [0.5, 0.6) is 5.75 Å². The van der Waals surface area contributed by atoms with Gasteiger partial charge in [-0.05, 0) is 43.5 Å². The number of rotatable bonds is 2. The fourth-order valence-corrected chi connectivity index (χ4v) is 1.93. The molecule has 0 fully saturated rings. The lowest BCUT2D eigenvalue weighted by Gasteiger charge is -2.21. The van der Waals surface area contributed by atoms with E-state index in [4.69, 9.17) is 10.5 Å². The molecule has 0 bridgehead atoms. The first kappa shape index (κ1) is 12.4. The summed E-state index contributed by atoms with van der Waals surface area (Å²) in [7, 11) is 3.98. The van der Waals surface area contributed by atoms with Crippen LogP contribution in [0.25, 0.3) is 0 Å². The second kappa shape index (κ2) is 4.43. The number of benzene rings is 1. The van der Waals surface area contributed by atoms with Gasteiger partial charge >= 0.3 is 6.09 Å². The van der Waals surface area contributed by atoms with Crippen LogP contribution < -0.4 is 15.4 Å². The molecule has 1 rings (SSSR count). The molecule has 0 saturated carbocycles. The van der Waals surface area contributed by atoms with Gasteiger partial charge in [0.05, 0.1) is 0 Å². The van der Waals surface area contributed by atoms with E-state index in [0.717, 1.165) is 22.4 Å². The molecule has 0 radical (unpaired) electrons. The first-order valence-electron chi connectivity index (χ1n) is 5.10. The second-order valence-electron chi connectivity index (χ2n) is 4.11. The highest BCUT2D eigenvalue weighted by molar-refractivity contribution is 5.71. The lowest BCUT2D eigenvalue weighted by atomic mass is 10.0. The number of aryl methyl sites for hydroxylation is 1. The van der Waals surface area contributed by atoms with Crippen molar-refractivity contribution >= 4 is 11.8 Å². The Morgan fingerprint density at radius 1 is 1.25 bits per heavy atom. The molecule has 16 heavy (non-hydrogen) atoms. The number of anilines is 1. The van der Waals surface area contributed by atoms with Crippen molar-refractivity contribution in [3.05, 3.63) is 22.8 Å². The molecule has 0 aromatic heterocycles. The number of ether oxygens (including phenoxy) is 1. The van der Waals surface area contributed by atoms with E-state index in [1.54, 1.807) is 0 Å². The van der Waals surface area contributed by atoms with Crippen LogP contribution >= 0.6 is 0 Å². The molecular formula is C12H18N2O2. The summed E-state index contributed by atoms with van der Waals surface area (Å²) in [4.78, 5) is 12.8. The third-order valence-electron chi connectivity index (χ3n) is 2.67. The van der Waals surface area contributed by atoms with Crippen molar-refractivity contribution < 1.29 is 9.53 Å². The molecule has 4 heteroatoms. The Labute approximate surface area is 96.0 Å². The number of nitrogens with two attached hydrogens (primary N) is 1. The highest BCUT2D eigenvalue weighted by atomic mass is 16.5. The Morgan fingerprint density at radius 2 is 1.81 bits per heavy atom. The number of hydrogen-bond donors (Lipinski definition) is 1. The third-order valence-corrected chi connectivity index (χ3v) is 2.67. The summed E-state index contributed by atoms with van der Waals surface area (Å²) in [6.45, 7) is 5.90. The van der Waals surface area contributed by atoms with Crippen LogP contribution in [0.2, 0.25) is 0 Å². The van der Waals surface area contributed by atoms with Crippen LogP contribution in [0.4, 0.5) is 10.5 Å². The lowest BCUT2D eigenvalue weighted by Crippen LogP contribution is -2.18. The van der Waals surface area contributed by atoms with E-state index in [9.17, 15) is 4.79 Å². The van der Waals surface area contributed by atoms with Gasteiger partial charge in [0.25, 0.3) is 0 Å². The van der Waals surface area contributed by atoms with Crippen LogP contribution in [0.1, 0.15) is 16.7 Å². The first-order chi connectivity index (χ1) is 7.34. The molecule has 4 nitrogen and oxygen atoms in total. The third kappa shape index (κ3) is 2.27. The quantitative estimate of drug-likeness (QED) is 0.834. The zero-order valence-electron chi connectivity index (χ0n) is 10.4. The van der Waals surface area contributed by atoms with Crippen molar-refractivity contribution in [2.45, 2.75) is 20.8 Å².